The summed E-state index contributed by atoms with van der Waals surface area (Å²) < 4.78 is 5.17. The molecule has 0 rings (SSSR count). The van der Waals surface area contributed by atoms with Crippen molar-refractivity contribution in [3.8, 4) is 0 Å². The normalized spacial score (nSPS) is 12.2. The van der Waals surface area contributed by atoms with E-state index in [0.29, 0.717) is 17.8 Å². The summed E-state index contributed by atoms with van der Waals surface area (Å²) in [5.74, 6) is -0.186. The Bertz CT molecular complexity index is 219. The monoisotopic (exact) mass is 214 g/mol. The highest BCUT2D eigenvalue weighted by Crippen LogP contribution is 2.18. The van der Waals surface area contributed by atoms with Crippen molar-refractivity contribution in [1.29, 1.82) is 0 Å². The van der Waals surface area contributed by atoms with E-state index in [1.165, 1.54) is 0 Å². The van der Waals surface area contributed by atoms with Crippen LogP contribution in [-0.2, 0) is 9.53 Å². The van der Waals surface area contributed by atoms with Crippen molar-refractivity contribution < 1.29 is 14.6 Å². The van der Waals surface area contributed by atoms with E-state index in [4.69, 9.17) is 9.84 Å². The molecule has 0 aromatic heterocycles. The molecule has 0 spiro atoms. The fourth-order valence-electron chi connectivity index (χ4n) is 1.43. The molecule has 3 nitrogen and oxygen atoms in total. The minimum absolute atomic E-state index is 0.452. The molecule has 0 amide bonds. The number of aliphatic carboxylic acids is 1. The van der Waals surface area contributed by atoms with Crippen LogP contribution in [0.4, 0.5) is 0 Å². The van der Waals surface area contributed by atoms with Gasteiger partial charge in [0.05, 0.1) is 12.7 Å². The molecular weight excluding hydrogens is 192 g/mol. The zero-order valence-electron chi connectivity index (χ0n) is 10.0. The Labute approximate surface area is 92.1 Å². The van der Waals surface area contributed by atoms with E-state index in [2.05, 4.69) is 13.8 Å². The second kappa shape index (κ2) is 8.33. The van der Waals surface area contributed by atoms with Gasteiger partial charge in [-0.2, -0.15) is 0 Å². The van der Waals surface area contributed by atoms with Crippen molar-refractivity contribution in [2.24, 2.45) is 0 Å². The van der Waals surface area contributed by atoms with E-state index in [-0.39, 0.29) is 0 Å². The van der Waals surface area contributed by atoms with Crippen LogP contribution in [0.3, 0.4) is 0 Å². The second-order valence-electron chi connectivity index (χ2n) is 3.62. The van der Waals surface area contributed by atoms with Gasteiger partial charge in [-0.25, -0.2) is 4.79 Å². The molecule has 15 heavy (non-hydrogen) atoms. The number of allylic oxidation sites excluding steroid dienone is 1. The van der Waals surface area contributed by atoms with Crippen LogP contribution in [0, 0.1) is 0 Å². The van der Waals surface area contributed by atoms with Crippen LogP contribution in [-0.4, -0.2) is 18.2 Å². The summed E-state index contributed by atoms with van der Waals surface area (Å²) in [6, 6.07) is 0. The molecule has 3 heteroatoms. The van der Waals surface area contributed by atoms with Crippen molar-refractivity contribution >= 4 is 5.97 Å². The number of unbranched alkanes of at least 4 members (excludes halogenated alkanes) is 2. The third-order valence-corrected chi connectivity index (χ3v) is 2.38. The van der Waals surface area contributed by atoms with Crippen molar-refractivity contribution in [2.45, 2.75) is 52.4 Å². The largest absolute Gasteiger partial charge is 0.501 e. The third kappa shape index (κ3) is 5.45. The highest BCUT2D eigenvalue weighted by Gasteiger charge is 2.14. The first-order valence-corrected chi connectivity index (χ1v) is 5.66. The fourth-order valence-corrected chi connectivity index (χ4v) is 1.43. The highest BCUT2D eigenvalue weighted by molar-refractivity contribution is 5.87. The number of hydrogen-bond acceptors (Lipinski definition) is 2. The van der Waals surface area contributed by atoms with Crippen molar-refractivity contribution in [2.75, 3.05) is 7.11 Å². The van der Waals surface area contributed by atoms with Crippen molar-refractivity contribution in [3.63, 3.8) is 0 Å². The predicted molar refractivity (Wildman–Crippen MR) is 60.7 cm³/mol. The number of hydrogen-bond donors (Lipinski definition) is 1. The molecule has 0 aromatic rings. The molecular formula is C12H22O3. The Hall–Kier alpha value is -0.990. The maximum atomic E-state index is 11.0. The first-order valence-electron chi connectivity index (χ1n) is 5.66. The molecule has 0 radical (unpaired) electrons. The van der Waals surface area contributed by atoms with Gasteiger partial charge in [0.1, 0.15) is 5.76 Å². The Balaban J connectivity index is 4.58. The summed E-state index contributed by atoms with van der Waals surface area (Å²) in [4.78, 5) is 11.0. The van der Waals surface area contributed by atoms with Crippen LogP contribution in [0.15, 0.2) is 11.3 Å². The Morgan fingerprint density at radius 3 is 2.07 bits per heavy atom. The molecule has 0 aromatic carbocycles. The van der Waals surface area contributed by atoms with Crippen LogP contribution in [0.25, 0.3) is 0 Å². The zero-order chi connectivity index (χ0) is 11.7. The van der Waals surface area contributed by atoms with Gasteiger partial charge in [0.15, 0.2) is 0 Å². The summed E-state index contributed by atoms with van der Waals surface area (Å²) in [6.45, 7) is 4.14. The molecule has 0 heterocycles. The SMILES string of the molecule is CCCCC(OC)=C(CCCC)C(=O)O. The van der Waals surface area contributed by atoms with Crippen LogP contribution in [0.1, 0.15) is 52.4 Å². The van der Waals surface area contributed by atoms with Crippen LogP contribution in [0.2, 0.25) is 0 Å². The molecule has 0 aliphatic rings. The zero-order valence-corrected chi connectivity index (χ0v) is 10.0. The standard InChI is InChI=1S/C12H22O3/c1-4-6-8-10(12(13)14)11(15-3)9-7-5-2/h4-9H2,1-3H3,(H,13,14). The topological polar surface area (TPSA) is 46.5 Å². The molecule has 0 bridgehead atoms. The lowest BCUT2D eigenvalue weighted by atomic mass is 10.0. The minimum atomic E-state index is -0.837. The predicted octanol–water partition coefficient (Wildman–Crippen LogP) is 3.35. The van der Waals surface area contributed by atoms with Gasteiger partial charge in [0.2, 0.25) is 0 Å². The Morgan fingerprint density at radius 1 is 1.13 bits per heavy atom. The lowest BCUT2D eigenvalue weighted by Crippen LogP contribution is -2.06. The number of carboxylic acids is 1. The number of carbonyl (C=O) groups is 1. The van der Waals surface area contributed by atoms with E-state index in [0.717, 1.165) is 32.1 Å². The Morgan fingerprint density at radius 2 is 1.67 bits per heavy atom. The number of methoxy groups -OCH3 is 1. The quantitative estimate of drug-likeness (QED) is 0.498. The van der Waals surface area contributed by atoms with Crippen LogP contribution in [0.5, 0.6) is 0 Å². The first kappa shape index (κ1) is 14.0. The van der Waals surface area contributed by atoms with Crippen molar-refractivity contribution in [1.82, 2.24) is 0 Å². The average Bonchev–Trinajstić information content (AvgIpc) is 2.22. The maximum Gasteiger partial charge on any atom is 0.334 e. The highest BCUT2D eigenvalue weighted by atomic mass is 16.5. The van der Waals surface area contributed by atoms with E-state index in [9.17, 15) is 4.79 Å². The van der Waals surface area contributed by atoms with Crippen molar-refractivity contribution in [3.05, 3.63) is 11.3 Å². The molecule has 0 unspecified atom stereocenters. The van der Waals surface area contributed by atoms with Gasteiger partial charge in [0, 0.05) is 6.42 Å². The van der Waals surface area contributed by atoms with E-state index in [1.54, 1.807) is 7.11 Å². The number of ether oxygens (including phenoxy) is 1. The molecule has 0 atom stereocenters. The van der Waals surface area contributed by atoms with Gasteiger partial charge in [-0.15, -0.1) is 0 Å². The van der Waals surface area contributed by atoms with Gasteiger partial charge >= 0.3 is 5.97 Å². The molecule has 0 aliphatic heterocycles. The minimum Gasteiger partial charge on any atom is -0.501 e. The van der Waals surface area contributed by atoms with E-state index >= 15 is 0 Å². The number of rotatable bonds is 8. The summed E-state index contributed by atoms with van der Waals surface area (Å²) in [7, 11) is 1.56. The third-order valence-electron chi connectivity index (χ3n) is 2.38. The smallest absolute Gasteiger partial charge is 0.334 e. The molecule has 0 saturated heterocycles. The second-order valence-corrected chi connectivity index (χ2v) is 3.62. The fraction of sp³-hybridized carbons (Fsp3) is 0.750. The van der Waals surface area contributed by atoms with E-state index < -0.39 is 5.97 Å². The van der Waals surface area contributed by atoms with Crippen LogP contribution >= 0.6 is 0 Å². The molecule has 0 saturated carbocycles. The van der Waals surface area contributed by atoms with E-state index in [1.807, 2.05) is 0 Å². The van der Waals surface area contributed by atoms with Gasteiger partial charge in [-0.3, -0.25) is 0 Å². The first-order chi connectivity index (χ1) is 7.17. The summed E-state index contributed by atoms with van der Waals surface area (Å²) in [6.07, 6.45) is 5.28. The lowest BCUT2D eigenvalue weighted by Gasteiger charge is -2.10. The summed E-state index contributed by atoms with van der Waals surface area (Å²) in [5, 5.41) is 9.06. The summed E-state index contributed by atoms with van der Waals surface area (Å²) >= 11 is 0. The van der Waals surface area contributed by atoms with Crippen LogP contribution < -0.4 is 0 Å². The lowest BCUT2D eigenvalue weighted by molar-refractivity contribution is -0.133. The Kier molecular flexibility index (Phi) is 7.78. The number of carboxylic acid groups (broad SMARTS) is 1. The molecule has 88 valence electrons. The molecule has 0 aliphatic carbocycles. The average molecular weight is 214 g/mol. The summed E-state index contributed by atoms with van der Waals surface area (Å²) in [5.41, 5.74) is 0.452. The van der Waals surface area contributed by atoms with Gasteiger partial charge in [0.25, 0.3) is 0 Å². The van der Waals surface area contributed by atoms with Gasteiger partial charge in [-0.1, -0.05) is 26.7 Å². The maximum absolute atomic E-state index is 11.0. The molecule has 1 N–H and O–H groups in total. The van der Waals surface area contributed by atoms with Gasteiger partial charge in [-0.05, 0) is 19.3 Å². The van der Waals surface area contributed by atoms with Gasteiger partial charge < -0.3 is 9.84 Å². The molecule has 0 fully saturated rings.